The van der Waals surface area contributed by atoms with E-state index in [1.807, 2.05) is 0 Å². The Labute approximate surface area is 106 Å². The molecule has 5 heteroatoms. The molecule has 0 aromatic carbocycles. The van der Waals surface area contributed by atoms with Gasteiger partial charge in [-0.25, -0.2) is 0 Å². The molecular weight excluding hydrogens is 234 g/mol. The van der Waals surface area contributed by atoms with Crippen molar-refractivity contribution in [1.29, 1.82) is 0 Å². The van der Waals surface area contributed by atoms with E-state index < -0.39 is 0 Å². The van der Waals surface area contributed by atoms with Crippen molar-refractivity contribution in [1.82, 2.24) is 5.32 Å². The van der Waals surface area contributed by atoms with Gasteiger partial charge in [0.1, 0.15) is 12.4 Å². The molecule has 1 N–H and O–H groups in total. The summed E-state index contributed by atoms with van der Waals surface area (Å²) in [6.07, 6.45) is 2.17. The first kappa shape index (κ1) is 13.1. The third kappa shape index (κ3) is 3.58. The molecule has 1 aliphatic heterocycles. The van der Waals surface area contributed by atoms with Crippen molar-refractivity contribution < 1.29 is 18.7 Å². The first-order chi connectivity index (χ1) is 8.79. The maximum Gasteiger partial charge on any atom is 0.287 e. The fourth-order valence-electron chi connectivity index (χ4n) is 2.01. The third-order valence-electron chi connectivity index (χ3n) is 2.98. The summed E-state index contributed by atoms with van der Waals surface area (Å²) in [7, 11) is 1.59. The van der Waals surface area contributed by atoms with Gasteiger partial charge in [0.15, 0.2) is 5.76 Å². The van der Waals surface area contributed by atoms with Crippen LogP contribution in [-0.4, -0.2) is 32.8 Å². The van der Waals surface area contributed by atoms with Crippen LogP contribution in [0.3, 0.4) is 0 Å². The maximum atomic E-state index is 11.8. The van der Waals surface area contributed by atoms with E-state index >= 15 is 0 Å². The Balaban J connectivity index is 1.79. The van der Waals surface area contributed by atoms with Gasteiger partial charge in [-0.15, -0.1) is 0 Å². The summed E-state index contributed by atoms with van der Waals surface area (Å²) < 4.78 is 15.7. The van der Waals surface area contributed by atoms with E-state index in [-0.39, 0.29) is 5.91 Å². The number of amides is 1. The predicted octanol–water partition coefficient (Wildman–Crippen LogP) is 1.58. The zero-order valence-corrected chi connectivity index (χ0v) is 10.6. The molecule has 1 atom stereocenters. The molecule has 1 aromatic heterocycles. The molecule has 0 saturated carbocycles. The van der Waals surface area contributed by atoms with E-state index in [1.165, 1.54) is 0 Å². The number of methoxy groups -OCH3 is 1. The van der Waals surface area contributed by atoms with E-state index in [1.54, 1.807) is 19.2 Å². The zero-order valence-electron chi connectivity index (χ0n) is 10.6. The standard InChI is InChI=1S/C13H19NO4/c1-16-9-11-4-5-12(18-11)13(15)14-7-10-3-2-6-17-8-10/h4-5,10H,2-3,6-9H2,1H3,(H,14,15). The lowest BCUT2D eigenvalue weighted by molar-refractivity contribution is 0.0532. The minimum absolute atomic E-state index is 0.178. The lowest BCUT2D eigenvalue weighted by atomic mass is 10.0. The van der Waals surface area contributed by atoms with Crippen molar-refractivity contribution in [2.75, 3.05) is 26.9 Å². The molecule has 1 saturated heterocycles. The number of ether oxygens (including phenoxy) is 2. The van der Waals surface area contributed by atoms with Crippen LogP contribution in [0.1, 0.15) is 29.2 Å². The van der Waals surface area contributed by atoms with E-state index in [2.05, 4.69) is 5.32 Å². The SMILES string of the molecule is COCc1ccc(C(=O)NCC2CCCOC2)o1. The normalized spacial score (nSPS) is 19.7. The van der Waals surface area contributed by atoms with E-state index in [4.69, 9.17) is 13.9 Å². The van der Waals surface area contributed by atoms with E-state index in [0.717, 1.165) is 26.1 Å². The molecule has 0 bridgehead atoms. The fraction of sp³-hybridized carbons (Fsp3) is 0.615. The molecule has 18 heavy (non-hydrogen) atoms. The Hall–Kier alpha value is -1.33. The van der Waals surface area contributed by atoms with Crippen LogP contribution in [0.2, 0.25) is 0 Å². The van der Waals surface area contributed by atoms with Gasteiger partial charge >= 0.3 is 0 Å². The van der Waals surface area contributed by atoms with Crippen LogP contribution in [0, 0.1) is 5.92 Å². The van der Waals surface area contributed by atoms with E-state index in [9.17, 15) is 4.79 Å². The number of nitrogens with one attached hydrogen (secondary N) is 1. The highest BCUT2D eigenvalue weighted by Crippen LogP contribution is 2.13. The van der Waals surface area contributed by atoms with Crippen molar-refractivity contribution in [2.45, 2.75) is 19.4 Å². The Kier molecular flexibility index (Phi) is 4.78. The topological polar surface area (TPSA) is 60.7 Å². The van der Waals surface area contributed by atoms with Crippen molar-refractivity contribution in [3.8, 4) is 0 Å². The summed E-state index contributed by atoms with van der Waals surface area (Å²) in [6.45, 7) is 2.58. The third-order valence-corrected chi connectivity index (χ3v) is 2.98. The molecule has 1 aliphatic rings. The number of carbonyl (C=O) groups is 1. The quantitative estimate of drug-likeness (QED) is 0.865. The molecule has 5 nitrogen and oxygen atoms in total. The highest BCUT2D eigenvalue weighted by Gasteiger charge is 2.16. The van der Waals surface area contributed by atoms with Crippen LogP contribution >= 0.6 is 0 Å². The van der Waals surface area contributed by atoms with Crippen LogP contribution in [0.5, 0.6) is 0 Å². The first-order valence-electron chi connectivity index (χ1n) is 6.23. The van der Waals surface area contributed by atoms with Crippen LogP contribution in [0.4, 0.5) is 0 Å². The van der Waals surface area contributed by atoms with E-state index in [0.29, 0.717) is 30.6 Å². The van der Waals surface area contributed by atoms with Gasteiger partial charge < -0.3 is 19.2 Å². The molecule has 1 aromatic rings. The lowest BCUT2D eigenvalue weighted by Gasteiger charge is -2.21. The average molecular weight is 253 g/mol. The molecule has 100 valence electrons. The molecule has 1 fully saturated rings. The first-order valence-corrected chi connectivity index (χ1v) is 6.23. The van der Waals surface area contributed by atoms with Crippen LogP contribution in [0.15, 0.2) is 16.5 Å². The minimum atomic E-state index is -0.178. The molecule has 0 spiro atoms. The Morgan fingerprint density at radius 3 is 3.17 bits per heavy atom. The van der Waals surface area contributed by atoms with Crippen LogP contribution in [0.25, 0.3) is 0 Å². The Morgan fingerprint density at radius 1 is 1.56 bits per heavy atom. The molecule has 0 radical (unpaired) electrons. The van der Waals surface area contributed by atoms with Gasteiger partial charge in [0.2, 0.25) is 0 Å². The monoisotopic (exact) mass is 253 g/mol. The molecular formula is C13H19NO4. The molecule has 1 unspecified atom stereocenters. The van der Waals surface area contributed by atoms with Gasteiger partial charge in [-0.1, -0.05) is 0 Å². The van der Waals surface area contributed by atoms with Crippen molar-refractivity contribution in [3.63, 3.8) is 0 Å². The van der Waals surface area contributed by atoms with Crippen LogP contribution < -0.4 is 5.32 Å². The van der Waals surface area contributed by atoms with Crippen molar-refractivity contribution >= 4 is 5.91 Å². The lowest BCUT2D eigenvalue weighted by Crippen LogP contribution is -2.33. The number of hydrogen-bond donors (Lipinski definition) is 1. The predicted molar refractivity (Wildman–Crippen MR) is 65.3 cm³/mol. The summed E-state index contributed by atoms with van der Waals surface area (Å²) in [4.78, 5) is 11.8. The number of rotatable bonds is 5. The largest absolute Gasteiger partial charge is 0.453 e. The summed E-state index contributed by atoms with van der Waals surface area (Å²) in [6, 6.07) is 3.42. The Bertz CT molecular complexity index is 382. The summed E-state index contributed by atoms with van der Waals surface area (Å²) in [5.41, 5.74) is 0. The van der Waals surface area contributed by atoms with Crippen molar-refractivity contribution in [2.24, 2.45) is 5.92 Å². The molecule has 2 heterocycles. The van der Waals surface area contributed by atoms with Gasteiger partial charge in [0.05, 0.1) is 6.61 Å². The second-order valence-electron chi connectivity index (χ2n) is 4.49. The molecule has 2 rings (SSSR count). The van der Waals surface area contributed by atoms with Gasteiger partial charge in [0, 0.05) is 20.3 Å². The zero-order chi connectivity index (χ0) is 12.8. The molecule has 1 amide bonds. The number of furan rings is 1. The highest BCUT2D eigenvalue weighted by atomic mass is 16.5. The van der Waals surface area contributed by atoms with Gasteiger partial charge in [-0.3, -0.25) is 4.79 Å². The smallest absolute Gasteiger partial charge is 0.287 e. The minimum Gasteiger partial charge on any atom is -0.453 e. The summed E-state index contributed by atoms with van der Waals surface area (Å²) in [5, 5.41) is 2.87. The number of carbonyl (C=O) groups excluding carboxylic acids is 1. The molecule has 0 aliphatic carbocycles. The maximum absolute atomic E-state index is 11.8. The number of hydrogen-bond acceptors (Lipinski definition) is 4. The van der Waals surface area contributed by atoms with Crippen molar-refractivity contribution in [3.05, 3.63) is 23.7 Å². The van der Waals surface area contributed by atoms with Gasteiger partial charge in [-0.05, 0) is 30.9 Å². The summed E-state index contributed by atoms with van der Waals surface area (Å²) >= 11 is 0. The summed E-state index contributed by atoms with van der Waals surface area (Å²) in [5.74, 6) is 1.22. The van der Waals surface area contributed by atoms with Gasteiger partial charge in [0.25, 0.3) is 5.91 Å². The van der Waals surface area contributed by atoms with Gasteiger partial charge in [-0.2, -0.15) is 0 Å². The Morgan fingerprint density at radius 2 is 2.44 bits per heavy atom. The average Bonchev–Trinajstić information content (AvgIpc) is 2.86. The second kappa shape index (κ2) is 6.56. The second-order valence-corrected chi connectivity index (χ2v) is 4.49. The highest BCUT2D eigenvalue weighted by molar-refractivity contribution is 5.91. The fourth-order valence-corrected chi connectivity index (χ4v) is 2.01. The van der Waals surface area contributed by atoms with Crippen LogP contribution in [-0.2, 0) is 16.1 Å².